The molecule has 1 atom stereocenters. The molecule has 1 unspecified atom stereocenters. The third-order valence-electron chi connectivity index (χ3n) is 5.51. The largest absolute Gasteiger partial charge is 0.357 e. The highest BCUT2D eigenvalue weighted by Crippen LogP contribution is 2.21. The van der Waals surface area contributed by atoms with E-state index < -0.39 is 0 Å². The molecule has 0 aliphatic rings. The van der Waals surface area contributed by atoms with Gasteiger partial charge in [-0.1, -0.05) is 58.8 Å². The summed E-state index contributed by atoms with van der Waals surface area (Å²) in [6.07, 6.45) is 13.3. The van der Waals surface area contributed by atoms with Gasteiger partial charge in [0.2, 0.25) is 0 Å². The molecular formula is C22H35N3O2. The van der Waals surface area contributed by atoms with Gasteiger partial charge in [0.15, 0.2) is 0 Å². The second kappa shape index (κ2) is 10.3. The molecule has 2 heterocycles. The fourth-order valence-corrected chi connectivity index (χ4v) is 3.82. The Kier molecular flexibility index (Phi) is 8.14. The summed E-state index contributed by atoms with van der Waals surface area (Å²) in [5.41, 5.74) is 0.978. The zero-order valence-corrected chi connectivity index (χ0v) is 17.4. The summed E-state index contributed by atoms with van der Waals surface area (Å²) in [5.74, 6) is 0.672. The summed E-state index contributed by atoms with van der Waals surface area (Å²) in [6.45, 7) is 5.23. The van der Waals surface area contributed by atoms with Crippen LogP contribution in [0.4, 0.5) is 0 Å². The molecule has 2 rings (SSSR count). The number of fused-ring (bicyclic) bond motifs is 1. The van der Waals surface area contributed by atoms with Crippen LogP contribution in [-0.2, 0) is 7.05 Å². The van der Waals surface area contributed by atoms with Crippen LogP contribution in [0.15, 0.2) is 23.3 Å². The van der Waals surface area contributed by atoms with Crippen molar-refractivity contribution in [2.24, 2.45) is 13.0 Å². The molecule has 0 radical (unpaired) electrons. The van der Waals surface area contributed by atoms with Gasteiger partial charge in [-0.05, 0) is 18.4 Å². The summed E-state index contributed by atoms with van der Waals surface area (Å²) in [6, 6.07) is 1.81. The van der Waals surface area contributed by atoms with E-state index >= 15 is 0 Å². The maximum absolute atomic E-state index is 13.0. The number of carbonyl (C=O) groups excluding carboxylic acids is 1. The SMILES string of the molecule is CCCCCCC(CCC)CCN(C)C(=O)c1cn(C)c(=O)c2[nH]ccc12. The molecule has 5 nitrogen and oxygen atoms in total. The van der Waals surface area contributed by atoms with Gasteiger partial charge in [-0.25, -0.2) is 0 Å². The number of unbranched alkanes of at least 4 members (excludes halogenated alkanes) is 3. The lowest BCUT2D eigenvalue weighted by Gasteiger charge is -2.22. The van der Waals surface area contributed by atoms with Crippen molar-refractivity contribution in [3.05, 3.63) is 34.4 Å². The number of aromatic nitrogens is 2. The van der Waals surface area contributed by atoms with Gasteiger partial charge < -0.3 is 14.5 Å². The van der Waals surface area contributed by atoms with E-state index in [1.54, 1.807) is 24.3 Å². The molecule has 2 aromatic heterocycles. The summed E-state index contributed by atoms with van der Waals surface area (Å²) in [7, 11) is 3.55. The van der Waals surface area contributed by atoms with Crippen molar-refractivity contribution < 1.29 is 4.79 Å². The first kappa shape index (κ1) is 21.3. The third-order valence-corrected chi connectivity index (χ3v) is 5.51. The molecule has 0 bridgehead atoms. The lowest BCUT2D eigenvalue weighted by molar-refractivity contribution is 0.0786. The van der Waals surface area contributed by atoms with Gasteiger partial charge in [-0.3, -0.25) is 9.59 Å². The van der Waals surface area contributed by atoms with Crippen LogP contribution in [0.3, 0.4) is 0 Å². The van der Waals surface area contributed by atoms with Crippen LogP contribution in [0, 0.1) is 5.92 Å². The number of aryl methyl sites for hydroxylation is 1. The van der Waals surface area contributed by atoms with E-state index in [0.717, 1.165) is 13.0 Å². The van der Waals surface area contributed by atoms with E-state index in [1.807, 2.05) is 13.1 Å². The van der Waals surface area contributed by atoms with Crippen molar-refractivity contribution in [1.82, 2.24) is 14.5 Å². The highest BCUT2D eigenvalue weighted by Gasteiger charge is 2.19. The molecule has 0 saturated carbocycles. The van der Waals surface area contributed by atoms with E-state index in [2.05, 4.69) is 18.8 Å². The van der Waals surface area contributed by atoms with Crippen molar-refractivity contribution in [3.8, 4) is 0 Å². The van der Waals surface area contributed by atoms with Gasteiger partial charge in [0.1, 0.15) is 5.52 Å². The average Bonchev–Trinajstić information content (AvgIpc) is 3.15. The van der Waals surface area contributed by atoms with Crippen molar-refractivity contribution in [3.63, 3.8) is 0 Å². The highest BCUT2D eigenvalue weighted by molar-refractivity contribution is 6.05. The number of hydrogen-bond donors (Lipinski definition) is 1. The van der Waals surface area contributed by atoms with Crippen LogP contribution < -0.4 is 5.56 Å². The lowest BCUT2D eigenvalue weighted by Crippen LogP contribution is -2.30. The molecule has 0 fully saturated rings. The van der Waals surface area contributed by atoms with Gasteiger partial charge in [0, 0.05) is 38.4 Å². The van der Waals surface area contributed by atoms with Gasteiger partial charge in [-0.15, -0.1) is 0 Å². The Morgan fingerprint density at radius 3 is 2.63 bits per heavy atom. The molecule has 0 aliphatic heterocycles. The minimum Gasteiger partial charge on any atom is -0.357 e. The maximum atomic E-state index is 13.0. The number of nitrogens with one attached hydrogen (secondary N) is 1. The summed E-state index contributed by atoms with van der Waals surface area (Å²) in [5, 5.41) is 0.708. The summed E-state index contributed by atoms with van der Waals surface area (Å²) >= 11 is 0. The van der Waals surface area contributed by atoms with Crippen LogP contribution in [0.25, 0.3) is 10.9 Å². The first-order valence-corrected chi connectivity index (χ1v) is 10.4. The molecule has 1 amide bonds. The zero-order chi connectivity index (χ0) is 19.8. The van der Waals surface area contributed by atoms with E-state index in [0.29, 0.717) is 22.4 Å². The molecule has 0 saturated heterocycles. The van der Waals surface area contributed by atoms with Crippen LogP contribution >= 0.6 is 0 Å². The highest BCUT2D eigenvalue weighted by atomic mass is 16.2. The monoisotopic (exact) mass is 373 g/mol. The van der Waals surface area contributed by atoms with Crippen molar-refractivity contribution in [1.29, 1.82) is 0 Å². The molecule has 150 valence electrons. The predicted molar refractivity (Wildman–Crippen MR) is 112 cm³/mol. The van der Waals surface area contributed by atoms with E-state index in [9.17, 15) is 9.59 Å². The minimum atomic E-state index is -0.107. The first-order valence-electron chi connectivity index (χ1n) is 10.4. The average molecular weight is 374 g/mol. The molecular weight excluding hydrogens is 338 g/mol. The molecule has 5 heteroatoms. The Morgan fingerprint density at radius 2 is 1.93 bits per heavy atom. The number of rotatable bonds is 11. The molecule has 1 N–H and O–H groups in total. The van der Waals surface area contributed by atoms with Crippen LogP contribution in [-0.4, -0.2) is 34.0 Å². The van der Waals surface area contributed by atoms with Crippen molar-refractivity contribution in [2.75, 3.05) is 13.6 Å². The quantitative estimate of drug-likeness (QED) is 0.580. The fraction of sp³-hybridized carbons (Fsp3) is 0.636. The number of amides is 1. The fourth-order valence-electron chi connectivity index (χ4n) is 3.82. The topological polar surface area (TPSA) is 58.1 Å². The van der Waals surface area contributed by atoms with Gasteiger partial charge in [0.25, 0.3) is 11.5 Å². The Hall–Kier alpha value is -2.04. The standard InChI is InChI=1S/C22H35N3O2/c1-5-7-8-9-11-17(10-6-2)13-15-24(3)21(26)19-16-25(4)22(27)20-18(19)12-14-23-20/h12,14,16-17,23H,5-11,13,15H2,1-4H3. The smallest absolute Gasteiger partial charge is 0.274 e. The summed E-state index contributed by atoms with van der Waals surface area (Å²) in [4.78, 5) is 29.9. The Morgan fingerprint density at radius 1 is 1.15 bits per heavy atom. The second-order valence-electron chi connectivity index (χ2n) is 7.74. The number of aromatic amines is 1. The Balaban J connectivity index is 2.01. The lowest BCUT2D eigenvalue weighted by atomic mass is 9.93. The van der Waals surface area contributed by atoms with Crippen LogP contribution in [0.1, 0.15) is 75.6 Å². The first-order chi connectivity index (χ1) is 13.0. The van der Waals surface area contributed by atoms with Gasteiger partial charge in [0.05, 0.1) is 5.56 Å². The number of nitrogens with zero attached hydrogens (tertiary/aromatic N) is 2. The Bertz CT molecular complexity index is 790. The third kappa shape index (κ3) is 5.47. The number of carbonyl (C=O) groups is 1. The molecule has 2 aromatic rings. The predicted octanol–water partition coefficient (Wildman–Crippen LogP) is 4.72. The van der Waals surface area contributed by atoms with E-state index in [1.165, 1.54) is 49.5 Å². The number of H-pyrrole nitrogens is 1. The van der Waals surface area contributed by atoms with Gasteiger partial charge >= 0.3 is 0 Å². The molecule has 0 aliphatic carbocycles. The van der Waals surface area contributed by atoms with E-state index in [-0.39, 0.29) is 11.5 Å². The maximum Gasteiger partial charge on any atom is 0.274 e. The second-order valence-corrected chi connectivity index (χ2v) is 7.74. The molecule has 0 spiro atoms. The minimum absolute atomic E-state index is 0.0172. The Labute approximate surface area is 162 Å². The summed E-state index contributed by atoms with van der Waals surface area (Å²) < 4.78 is 1.48. The molecule has 0 aromatic carbocycles. The number of hydrogen-bond acceptors (Lipinski definition) is 2. The van der Waals surface area contributed by atoms with Crippen LogP contribution in [0.5, 0.6) is 0 Å². The van der Waals surface area contributed by atoms with Crippen molar-refractivity contribution in [2.45, 2.75) is 65.2 Å². The normalized spacial score (nSPS) is 12.4. The van der Waals surface area contributed by atoms with Gasteiger partial charge in [-0.2, -0.15) is 0 Å². The number of pyridine rings is 1. The zero-order valence-electron chi connectivity index (χ0n) is 17.4. The van der Waals surface area contributed by atoms with Crippen molar-refractivity contribution >= 4 is 16.8 Å². The molecule has 27 heavy (non-hydrogen) atoms. The van der Waals surface area contributed by atoms with E-state index in [4.69, 9.17) is 0 Å². The van der Waals surface area contributed by atoms with Crippen LogP contribution in [0.2, 0.25) is 0 Å².